The van der Waals surface area contributed by atoms with Gasteiger partial charge < -0.3 is 4.74 Å². The Morgan fingerprint density at radius 3 is 2.62 bits per heavy atom. The highest BCUT2D eigenvalue weighted by atomic mass is 79.9. The van der Waals surface area contributed by atoms with Gasteiger partial charge in [-0.25, -0.2) is 5.43 Å². The van der Waals surface area contributed by atoms with Gasteiger partial charge in [-0.15, -0.1) is 0 Å². The molecule has 122 valence electrons. The van der Waals surface area contributed by atoms with Crippen LogP contribution in [-0.2, 0) is 4.79 Å². The highest BCUT2D eigenvalue weighted by molar-refractivity contribution is 9.10. The summed E-state index contributed by atoms with van der Waals surface area (Å²) in [6, 6.07) is 16.5. The van der Waals surface area contributed by atoms with Crippen LogP contribution in [0, 0.1) is 11.3 Å². The average Bonchev–Trinajstić information content (AvgIpc) is 2.62. The molecule has 2 aromatic rings. The van der Waals surface area contributed by atoms with Crippen LogP contribution in [0.25, 0.3) is 0 Å². The Balaban J connectivity index is 1.96. The third-order valence-electron chi connectivity index (χ3n) is 3.19. The Bertz CT molecular complexity index is 780. The quantitative estimate of drug-likeness (QED) is 0.609. The van der Waals surface area contributed by atoms with Crippen molar-refractivity contribution < 1.29 is 9.53 Å². The van der Waals surface area contributed by atoms with E-state index in [-0.39, 0.29) is 12.5 Å². The third kappa shape index (κ3) is 4.93. The minimum atomic E-state index is -0.384. The summed E-state index contributed by atoms with van der Waals surface area (Å²) in [6.07, 6.45) is 0.681. The average molecular weight is 386 g/mol. The summed E-state index contributed by atoms with van der Waals surface area (Å²) in [5, 5.41) is 13.1. The van der Waals surface area contributed by atoms with Crippen molar-refractivity contribution >= 4 is 27.5 Å². The number of nitrogens with zero attached hydrogens (tertiary/aromatic N) is 2. The van der Waals surface area contributed by atoms with Gasteiger partial charge in [0.2, 0.25) is 0 Å². The molecule has 6 heteroatoms. The second-order valence-electron chi connectivity index (χ2n) is 4.85. The van der Waals surface area contributed by atoms with Gasteiger partial charge in [0.25, 0.3) is 5.91 Å². The standard InChI is InChI=1S/C18H16BrN3O2/c1-2-16(13-7-9-15(19)10-8-13)21-22-18(23)12-24-17-6-4-3-5-14(17)11-20/h3-10H,2,12H2,1H3,(H,22,23)/b21-16-. The first-order valence-corrected chi connectivity index (χ1v) is 8.16. The molecule has 0 aliphatic carbocycles. The lowest BCUT2D eigenvalue weighted by Gasteiger charge is -2.08. The summed E-state index contributed by atoms with van der Waals surface area (Å²) in [6.45, 7) is 1.76. The molecule has 0 fully saturated rings. The van der Waals surface area contributed by atoms with E-state index >= 15 is 0 Å². The summed E-state index contributed by atoms with van der Waals surface area (Å²) < 4.78 is 6.35. The normalized spacial score (nSPS) is 10.8. The van der Waals surface area contributed by atoms with Crippen molar-refractivity contribution in [3.63, 3.8) is 0 Å². The predicted octanol–water partition coefficient (Wildman–Crippen LogP) is 3.63. The fourth-order valence-electron chi connectivity index (χ4n) is 1.98. The number of nitrogens with one attached hydrogen (secondary N) is 1. The number of amides is 1. The van der Waals surface area contributed by atoms with E-state index in [0.29, 0.717) is 17.7 Å². The largest absolute Gasteiger partial charge is 0.482 e. The van der Waals surface area contributed by atoms with Crippen LogP contribution in [0.15, 0.2) is 58.1 Å². The van der Waals surface area contributed by atoms with Crippen LogP contribution in [0.4, 0.5) is 0 Å². The molecule has 0 aromatic heterocycles. The number of rotatable bonds is 6. The summed E-state index contributed by atoms with van der Waals surface area (Å²) in [4.78, 5) is 11.9. The highest BCUT2D eigenvalue weighted by Gasteiger charge is 2.07. The lowest BCUT2D eigenvalue weighted by molar-refractivity contribution is -0.123. The maximum Gasteiger partial charge on any atom is 0.277 e. The number of benzene rings is 2. The molecule has 24 heavy (non-hydrogen) atoms. The second-order valence-corrected chi connectivity index (χ2v) is 5.77. The molecule has 5 nitrogen and oxygen atoms in total. The lowest BCUT2D eigenvalue weighted by atomic mass is 10.1. The van der Waals surface area contributed by atoms with Crippen molar-refractivity contribution in [3.05, 3.63) is 64.1 Å². The van der Waals surface area contributed by atoms with Gasteiger partial charge in [-0.3, -0.25) is 4.79 Å². The summed E-state index contributed by atoms with van der Waals surface area (Å²) in [5.74, 6) is -0.00596. The molecule has 0 spiro atoms. The number of hydrogen-bond donors (Lipinski definition) is 1. The van der Waals surface area contributed by atoms with Crippen LogP contribution in [0.5, 0.6) is 5.75 Å². The molecule has 0 heterocycles. The minimum Gasteiger partial charge on any atom is -0.482 e. The first kappa shape index (κ1) is 17.7. The van der Waals surface area contributed by atoms with E-state index in [0.717, 1.165) is 15.7 Å². The van der Waals surface area contributed by atoms with Crippen molar-refractivity contribution in [2.75, 3.05) is 6.61 Å². The zero-order chi connectivity index (χ0) is 17.4. The smallest absolute Gasteiger partial charge is 0.277 e. The maximum atomic E-state index is 11.9. The van der Waals surface area contributed by atoms with Crippen molar-refractivity contribution in [1.29, 1.82) is 5.26 Å². The maximum absolute atomic E-state index is 11.9. The Hall–Kier alpha value is -2.65. The number of carbonyl (C=O) groups excluding carboxylic acids is 1. The fourth-order valence-corrected chi connectivity index (χ4v) is 2.24. The molecule has 1 amide bonds. The molecule has 1 N–H and O–H groups in total. The van der Waals surface area contributed by atoms with Crippen molar-refractivity contribution in [2.24, 2.45) is 5.10 Å². The van der Waals surface area contributed by atoms with Crippen molar-refractivity contribution in [2.45, 2.75) is 13.3 Å². The number of hydrogen-bond acceptors (Lipinski definition) is 4. The third-order valence-corrected chi connectivity index (χ3v) is 3.72. The van der Waals surface area contributed by atoms with Crippen LogP contribution in [0.3, 0.4) is 0 Å². The first-order chi connectivity index (χ1) is 11.6. The Labute approximate surface area is 149 Å². The van der Waals surface area contributed by atoms with Crippen molar-refractivity contribution in [1.82, 2.24) is 5.43 Å². The van der Waals surface area contributed by atoms with Crippen LogP contribution in [0.1, 0.15) is 24.5 Å². The van der Waals surface area contributed by atoms with Gasteiger partial charge in [0, 0.05) is 4.47 Å². The Morgan fingerprint density at radius 1 is 1.25 bits per heavy atom. The zero-order valence-electron chi connectivity index (χ0n) is 13.1. The molecular formula is C18H16BrN3O2. The number of nitriles is 1. The van der Waals surface area contributed by atoms with Gasteiger partial charge in [-0.05, 0) is 36.2 Å². The van der Waals surface area contributed by atoms with E-state index in [2.05, 4.69) is 26.5 Å². The molecule has 0 atom stereocenters. The SMILES string of the molecule is CC/C(=N/NC(=O)COc1ccccc1C#N)c1ccc(Br)cc1. The molecule has 2 rings (SSSR count). The van der Waals surface area contributed by atoms with Crippen LogP contribution >= 0.6 is 15.9 Å². The van der Waals surface area contributed by atoms with Crippen molar-refractivity contribution in [3.8, 4) is 11.8 Å². The zero-order valence-corrected chi connectivity index (χ0v) is 14.7. The monoisotopic (exact) mass is 385 g/mol. The number of carbonyl (C=O) groups is 1. The van der Waals surface area contributed by atoms with E-state index in [4.69, 9.17) is 10.00 Å². The van der Waals surface area contributed by atoms with E-state index in [1.165, 1.54) is 0 Å². The molecule has 0 unspecified atom stereocenters. The van der Waals surface area contributed by atoms with E-state index in [1.807, 2.05) is 37.3 Å². The lowest BCUT2D eigenvalue weighted by Crippen LogP contribution is -2.26. The molecule has 0 aliphatic heterocycles. The molecular weight excluding hydrogens is 370 g/mol. The van der Waals surface area contributed by atoms with E-state index in [1.54, 1.807) is 24.3 Å². The van der Waals surface area contributed by atoms with Crippen LogP contribution < -0.4 is 10.2 Å². The first-order valence-electron chi connectivity index (χ1n) is 7.37. The molecule has 0 radical (unpaired) electrons. The molecule has 0 saturated heterocycles. The van der Waals surface area contributed by atoms with E-state index in [9.17, 15) is 4.79 Å². The van der Waals surface area contributed by atoms with Crippen LogP contribution in [-0.4, -0.2) is 18.2 Å². The van der Waals surface area contributed by atoms with Gasteiger partial charge in [-0.1, -0.05) is 47.1 Å². The summed E-state index contributed by atoms with van der Waals surface area (Å²) in [5.41, 5.74) is 4.58. The van der Waals surface area contributed by atoms with Gasteiger partial charge in [-0.2, -0.15) is 10.4 Å². The summed E-state index contributed by atoms with van der Waals surface area (Å²) >= 11 is 3.38. The number of halogens is 1. The van der Waals surface area contributed by atoms with Gasteiger partial charge >= 0.3 is 0 Å². The number of hydrazone groups is 1. The topological polar surface area (TPSA) is 74.5 Å². The molecule has 2 aromatic carbocycles. The summed E-state index contributed by atoms with van der Waals surface area (Å²) in [7, 11) is 0. The minimum absolute atomic E-state index is 0.209. The van der Waals surface area contributed by atoms with Crippen LogP contribution in [0.2, 0.25) is 0 Å². The van der Waals surface area contributed by atoms with Gasteiger partial charge in [0.15, 0.2) is 6.61 Å². The molecule has 0 bridgehead atoms. The number of para-hydroxylation sites is 1. The Morgan fingerprint density at radius 2 is 1.96 bits per heavy atom. The fraction of sp³-hybridized carbons (Fsp3) is 0.167. The Kier molecular flexibility index (Phi) is 6.52. The van der Waals surface area contributed by atoms with Gasteiger partial charge in [0.05, 0.1) is 11.3 Å². The predicted molar refractivity (Wildman–Crippen MR) is 95.8 cm³/mol. The molecule has 0 aliphatic rings. The highest BCUT2D eigenvalue weighted by Crippen LogP contribution is 2.16. The molecule has 0 saturated carbocycles. The number of ether oxygens (including phenoxy) is 1. The van der Waals surface area contributed by atoms with E-state index < -0.39 is 0 Å². The second kappa shape index (κ2) is 8.85. The van der Waals surface area contributed by atoms with Gasteiger partial charge in [0.1, 0.15) is 11.8 Å².